The SMILES string of the molecule is Cc1cc(F)cc(C(CC(=O)O)C(=O)O)c1. The number of hydrogen-bond donors (Lipinski definition) is 2. The van der Waals surface area contributed by atoms with E-state index in [9.17, 15) is 14.0 Å². The number of carboxylic acids is 2. The van der Waals surface area contributed by atoms with Crippen LogP contribution in [0.15, 0.2) is 18.2 Å². The van der Waals surface area contributed by atoms with Crippen LogP contribution in [0.25, 0.3) is 0 Å². The van der Waals surface area contributed by atoms with Crippen molar-refractivity contribution in [2.75, 3.05) is 0 Å². The van der Waals surface area contributed by atoms with Crippen LogP contribution in [0, 0.1) is 12.7 Å². The van der Waals surface area contributed by atoms with Gasteiger partial charge in [-0.15, -0.1) is 0 Å². The Bertz CT molecular complexity index is 408. The fraction of sp³-hybridized carbons (Fsp3) is 0.273. The Morgan fingerprint density at radius 3 is 2.38 bits per heavy atom. The van der Waals surface area contributed by atoms with Crippen molar-refractivity contribution in [3.8, 4) is 0 Å². The Morgan fingerprint density at radius 2 is 1.94 bits per heavy atom. The molecule has 0 amide bonds. The Kier molecular flexibility index (Phi) is 3.60. The molecule has 1 aromatic rings. The fourth-order valence-electron chi connectivity index (χ4n) is 1.49. The molecule has 0 aliphatic carbocycles. The summed E-state index contributed by atoms with van der Waals surface area (Å²) in [6.07, 6.45) is -0.557. The number of carboxylic acid groups (broad SMARTS) is 2. The van der Waals surface area contributed by atoms with Gasteiger partial charge in [-0.05, 0) is 30.2 Å². The Labute approximate surface area is 91.3 Å². The molecule has 0 aromatic heterocycles. The molecule has 4 nitrogen and oxygen atoms in total. The van der Waals surface area contributed by atoms with Crippen LogP contribution < -0.4 is 0 Å². The van der Waals surface area contributed by atoms with Crippen LogP contribution >= 0.6 is 0 Å². The van der Waals surface area contributed by atoms with Crippen LogP contribution in [0.5, 0.6) is 0 Å². The normalized spacial score (nSPS) is 12.1. The third-order valence-electron chi connectivity index (χ3n) is 2.14. The first-order valence-corrected chi connectivity index (χ1v) is 4.62. The lowest BCUT2D eigenvalue weighted by molar-refractivity contribution is -0.145. The standard InChI is InChI=1S/C11H11FO4/c1-6-2-7(4-8(12)3-6)9(11(15)16)5-10(13)14/h2-4,9H,5H2,1H3,(H,13,14)(H,15,16). The van der Waals surface area contributed by atoms with Gasteiger partial charge in [0.1, 0.15) is 5.82 Å². The predicted molar refractivity (Wildman–Crippen MR) is 53.8 cm³/mol. The van der Waals surface area contributed by atoms with E-state index >= 15 is 0 Å². The molecule has 1 atom stereocenters. The van der Waals surface area contributed by atoms with Crippen LogP contribution in [0.3, 0.4) is 0 Å². The maximum atomic E-state index is 13.0. The molecule has 1 aromatic carbocycles. The lowest BCUT2D eigenvalue weighted by Crippen LogP contribution is -2.16. The molecule has 0 aliphatic rings. The van der Waals surface area contributed by atoms with Crippen molar-refractivity contribution in [1.82, 2.24) is 0 Å². The van der Waals surface area contributed by atoms with Gasteiger partial charge in [0.05, 0.1) is 12.3 Å². The van der Waals surface area contributed by atoms with Gasteiger partial charge in [0.2, 0.25) is 0 Å². The van der Waals surface area contributed by atoms with Gasteiger partial charge in [0.25, 0.3) is 0 Å². The predicted octanol–water partition coefficient (Wildman–Crippen LogP) is 1.78. The zero-order valence-electron chi connectivity index (χ0n) is 8.61. The number of benzene rings is 1. The molecule has 1 unspecified atom stereocenters. The largest absolute Gasteiger partial charge is 0.481 e. The second kappa shape index (κ2) is 4.74. The van der Waals surface area contributed by atoms with Crippen molar-refractivity contribution >= 4 is 11.9 Å². The monoisotopic (exact) mass is 226 g/mol. The third-order valence-corrected chi connectivity index (χ3v) is 2.14. The van der Waals surface area contributed by atoms with Crippen LogP contribution in [-0.4, -0.2) is 22.2 Å². The molecule has 16 heavy (non-hydrogen) atoms. The van der Waals surface area contributed by atoms with E-state index in [0.29, 0.717) is 5.56 Å². The van der Waals surface area contributed by atoms with Gasteiger partial charge < -0.3 is 10.2 Å². The molecule has 2 N–H and O–H groups in total. The molecule has 0 bridgehead atoms. The first-order chi connectivity index (χ1) is 7.40. The van der Waals surface area contributed by atoms with E-state index in [4.69, 9.17) is 10.2 Å². The molecule has 0 heterocycles. The average Bonchev–Trinajstić information content (AvgIpc) is 2.11. The lowest BCUT2D eigenvalue weighted by atomic mass is 9.94. The molecule has 86 valence electrons. The van der Waals surface area contributed by atoms with E-state index in [1.807, 2.05) is 0 Å². The van der Waals surface area contributed by atoms with E-state index in [1.165, 1.54) is 12.1 Å². The summed E-state index contributed by atoms with van der Waals surface area (Å²) in [6, 6.07) is 3.78. The van der Waals surface area contributed by atoms with Gasteiger partial charge in [-0.2, -0.15) is 0 Å². The van der Waals surface area contributed by atoms with Crippen LogP contribution in [0.4, 0.5) is 4.39 Å². The maximum absolute atomic E-state index is 13.0. The van der Waals surface area contributed by atoms with Crippen LogP contribution in [-0.2, 0) is 9.59 Å². The first-order valence-electron chi connectivity index (χ1n) is 4.62. The maximum Gasteiger partial charge on any atom is 0.311 e. The smallest absolute Gasteiger partial charge is 0.311 e. The minimum atomic E-state index is -1.27. The number of carbonyl (C=O) groups is 2. The number of aryl methyl sites for hydroxylation is 1. The Hall–Kier alpha value is -1.91. The molecule has 0 saturated carbocycles. The molecule has 0 fully saturated rings. The molecule has 0 saturated heterocycles. The molecule has 0 spiro atoms. The van der Waals surface area contributed by atoms with Crippen molar-refractivity contribution < 1.29 is 24.2 Å². The zero-order chi connectivity index (χ0) is 12.3. The molecular weight excluding hydrogens is 215 g/mol. The number of aliphatic carboxylic acids is 2. The van der Waals surface area contributed by atoms with E-state index in [-0.39, 0.29) is 5.56 Å². The molecule has 0 radical (unpaired) electrons. The summed E-state index contributed by atoms with van der Waals surface area (Å²) in [6.45, 7) is 1.62. The van der Waals surface area contributed by atoms with Crippen molar-refractivity contribution in [1.29, 1.82) is 0 Å². The molecule has 1 rings (SSSR count). The number of hydrogen-bond acceptors (Lipinski definition) is 2. The molecule has 5 heteroatoms. The summed E-state index contributed by atoms with van der Waals surface area (Å²) >= 11 is 0. The summed E-state index contributed by atoms with van der Waals surface area (Å²) in [7, 11) is 0. The summed E-state index contributed by atoms with van der Waals surface area (Å²) in [5.74, 6) is -4.28. The van der Waals surface area contributed by atoms with Crippen molar-refractivity contribution in [3.63, 3.8) is 0 Å². The highest BCUT2D eigenvalue weighted by Crippen LogP contribution is 2.22. The lowest BCUT2D eigenvalue weighted by Gasteiger charge is -2.11. The highest BCUT2D eigenvalue weighted by molar-refractivity contribution is 5.82. The van der Waals surface area contributed by atoms with E-state index in [1.54, 1.807) is 6.92 Å². The van der Waals surface area contributed by atoms with Gasteiger partial charge in [-0.1, -0.05) is 6.07 Å². The number of rotatable bonds is 4. The first kappa shape index (κ1) is 12.2. The van der Waals surface area contributed by atoms with Gasteiger partial charge in [0, 0.05) is 0 Å². The van der Waals surface area contributed by atoms with Crippen LogP contribution in [0.1, 0.15) is 23.5 Å². The zero-order valence-corrected chi connectivity index (χ0v) is 8.61. The van der Waals surface area contributed by atoms with Crippen molar-refractivity contribution in [2.45, 2.75) is 19.3 Å². The second-order valence-corrected chi connectivity index (χ2v) is 3.55. The quantitative estimate of drug-likeness (QED) is 0.820. The van der Waals surface area contributed by atoms with E-state index < -0.39 is 30.1 Å². The summed E-state index contributed by atoms with van der Waals surface area (Å²) in [5.41, 5.74) is 0.735. The van der Waals surface area contributed by atoms with Gasteiger partial charge >= 0.3 is 11.9 Å². The Morgan fingerprint density at radius 1 is 1.31 bits per heavy atom. The van der Waals surface area contributed by atoms with Crippen molar-refractivity contribution in [3.05, 3.63) is 35.1 Å². The minimum absolute atomic E-state index is 0.174. The summed E-state index contributed by atoms with van der Waals surface area (Å²) < 4.78 is 13.0. The van der Waals surface area contributed by atoms with Crippen LogP contribution in [0.2, 0.25) is 0 Å². The Balaban J connectivity index is 3.10. The van der Waals surface area contributed by atoms with E-state index in [0.717, 1.165) is 6.07 Å². The van der Waals surface area contributed by atoms with Crippen molar-refractivity contribution in [2.24, 2.45) is 0 Å². The minimum Gasteiger partial charge on any atom is -0.481 e. The molecular formula is C11H11FO4. The highest BCUT2D eigenvalue weighted by Gasteiger charge is 2.23. The topological polar surface area (TPSA) is 74.6 Å². The van der Waals surface area contributed by atoms with E-state index in [2.05, 4.69) is 0 Å². The van der Waals surface area contributed by atoms with Gasteiger partial charge in [-0.25, -0.2) is 4.39 Å². The summed E-state index contributed by atoms with van der Waals surface area (Å²) in [4.78, 5) is 21.4. The third kappa shape index (κ3) is 3.05. The fourth-order valence-corrected chi connectivity index (χ4v) is 1.49. The molecule has 0 aliphatic heterocycles. The van der Waals surface area contributed by atoms with Gasteiger partial charge in [-0.3, -0.25) is 9.59 Å². The highest BCUT2D eigenvalue weighted by atomic mass is 19.1. The average molecular weight is 226 g/mol. The summed E-state index contributed by atoms with van der Waals surface area (Å²) in [5, 5.41) is 17.4. The second-order valence-electron chi connectivity index (χ2n) is 3.55. The number of halogens is 1. The van der Waals surface area contributed by atoms with Gasteiger partial charge in [0.15, 0.2) is 0 Å².